The molecule has 0 saturated heterocycles. The number of carbonyl (C=O) groups is 1. The smallest absolute Gasteiger partial charge is 0.292 e. The molecule has 10 nitrogen and oxygen atoms in total. The molecule has 2 aromatic heterocycles. The molecule has 0 atom stereocenters. The quantitative estimate of drug-likeness (QED) is 0.192. The zero-order valence-electron chi connectivity index (χ0n) is 23.1. The van der Waals surface area contributed by atoms with Gasteiger partial charge in [0.05, 0.1) is 43.7 Å². The number of rotatable bonds is 10. The molecule has 10 heteroatoms. The van der Waals surface area contributed by atoms with Crippen molar-refractivity contribution in [3.63, 3.8) is 0 Å². The molecule has 1 aliphatic rings. The van der Waals surface area contributed by atoms with Crippen molar-refractivity contribution in [2.75, 3.05) is 44.4 Å². The molecule has 0 saturated carbocycles. The van der Waals surface area contributed by atoms with Gasteiger partial charge in [-0.15, -0.1) is 0 Å². The molecule has 4 N–H and O–H groups in total. The number of nitrogen functional groups attached to an aromatic ring is 2. The zero-order chi connectivity index (χ0) is 28.3. The maximum absolute atomic E-state index is 12.7. The number of benzene rings is 3. The van der Waals surface area contributed by atoms with Crippen LogP contribution in [0.2, 0.25) is 0 Å². The van der Waals surface area contributed by atoms with Crippen LogP contribution in [0.15, 0.2) is 59.0 Å². The van der Waals surface area contributed by atoms with Gasteiger partial charge in [0.1, 0.15) is 11.2 Å². The molecule has 1 aliphatic heterocycles. The average Bonchev–Trinajstić information content (AvgIpc) is 3.54. The van der Waals surface area contributed by atoms with Crippen molar-refractivity contribution in [1.82, 2.24) is 19.7 Å². The number of aromatic nitrogens is 3. The summed E-state index contributed by atoms with van der Waals surface area (Å²) < 4.78 is 18.2. The summed E-state index contributed by atoms with van der Waals surface area (Å²) in [4.78, 5) is 18.9. The normalized spacial score (nSPS) is 13.2. The topological polar surface area (TPSA) is 135 Å². The minimum atomic E-state index is 0.121. The third kappa shape index (κ3) is 5.61. The van der Waals surface area contributed by atoms with Crippen LogP contribution in [0.3, 0.4) is 0 Å². The lowest BCUT2D eigenvalue weighted by Crippen LogP contribution is -2.36. The summed E-state index contributed by atoms with van der Waals surface area (Å²) >= 11 is 0. The highest BCUT2D eigenvalue weighted by Gasteiger charge is 2.22. The van der Waals surface area contributed by atoms with Gasteiger partial charge >= 0.3 is 0 Å². The molecular formula is C31H34N6O4. The number of nitrogens with two attached hydrogens (primary N) is 2. The van der Waals surface area contributed by atoms with Gasteiger partial charge in [0.25, 0.3) is 6.01 Å². The van der Waals surface area contributed by atoms with Gasteiger partial charge in [0, 0.05) is 30.9 Å². The molecule has 0 bridgehead atoms. The monoisotopic (exact) mass is 554 g/mol. The lowest BCUT2D eigenvalue weighted by atomic mass is 9.97. The number of ether oxygens (including phenoxy) is 2. The van der Waals surface area contributed by atoms with Crippen molar-refractivity contribution in [3.05, 3.63) is 71.3 Å². The van der Waals surface area contributed by atoms with Crippen LogP contribution in [0, 0.1) is 0 Å². The Labute approximate surface area is 237 Å². The molecule has 0 radical (unpaired) electrons. The van der Waals surface area contributed by atoms with E-state index in [9.17, 15) is 4.79 Å². The molecule has 6 rings (SSSR count). The highest BCUT2D eigenvalue weighted by Crippen LogP contribution is 2.34. The maximum Gasteiger partial charge on any atom is 0.292 e. The maximum atomic E-state index is 12.7. The van der Waals surface area contributed by atoms with Crippen molar-refractivity contribution in [2.24, 2.45) is 0 Å². The summed E-state index contributed by atoms with van der Waals surface area (Å²) in [6.07, 6.45) is 1.20. The Morgan fingerprint density at radius 3 is 2.78 bits per heavy atom. The number of hydrogen-bond acceptors (Lipinski definition) is 8. The van der Waals surface area contributed by atoms with Gasteiger partial charge in [-0.2, -0.15) is 10.1 Å². The fourth-order valence-electron chi connectivity index (χ4n) is 5.44. The molecule has 1 amide bonds. The summed E-state index contributed by atoms with van der Waals surface area (Å²) in [7, 11) is 0. The molecule has 212 valence electrons. The number of amides is 1. The lowest BCUT2D eigenvalue weighted by molar-refractivity contribution is -0.133. The van der Waals surface area contributed by atoms with E-state index in [1.54, 1.807) is 0 Å². The van der Waals surface area contributed by atoms with E-state index in [4.69, 9.17) is 30.5 Å². The van der Waals surface area contributed by atoms with Gasteiger partial charge in [-0.05, 0) is 60.4 Å². The van der Waals surface area contributed by atoms with E-state index in [0.717, 1.165) is 34.1 Å². The Morgan fingerprint density at radius 1 is 1.02 bits per heavy atom. The third-order valence-electron chi connectivity index (χ3n) is 7.49. The van der Waals surface area contributed by atoms with Crippen LogP contribution in [0.4, 0.5) is 11.7 Å². The van der Waals surface area contributed by atoms with Gasteiger partial charge in [0.2, 0.25) is 5.91 Å². The molecular weight excluding hydrogens is 520 g/mol. The summed E-state index contributed by atoms with van der Waals surface area (Å²) in [6, 6.07) is 18.2. The van der Waals surface area contributed by atoms with Crippen molar-refractivity contribution < 1.29 is 18.7 Å². The predicted molar refractivity (Wildman–Crippen MR) is 158 cm³/mol. The van der Waals surface area contributed by atoms with Crippen molar-refractivity contribution >= 4 is 39.6 Å². The zero-order valence-corrected chi connectivity index (χ0v) is 23.1. The van der Waals surface area contributed by atoms with Crippen LogP contribution >= 0.6 is 0 Å². The van der Waals surface area contributed by atoms with Crippen molar-refractivity contribution in [3.8, 4) is 11.3 Å². The first-order valence-electron chi connectivity index (χ1n) is 14.0. The first kappa shape index (κ1) is 26.8. The Balaban J connectivity index is 1.19. The molecule has 3 heterocycles. The van der Waals surface area contributed by atoms with E-state index in [1.165, 1.54) is 11.1 Å². The second-order valence-electron chi connectivity index (χ2n) is 10.2. The SMILES string of the molecule is CCOCCOCCC(=O)N1CCc2cc(Cn3nc(-c4ccc5oc(N)nc5c4)c4c(N)cccc43)ccc2C1. The standard InChI is InChI=1S/C31H34N6O4/c1-2-39-14-15-40-13-11-28(38)36-12-10-21-16-20(6-7-23(21)19-36)18-37-26-5-3-4-24(32)29(26)30(35-37)22-8-9-27-25(17-22)34-31(33)41-27/h3-9,16-17H,2,10-15,18-19,32H2,1H3,(H2,33,34). The van der Waals surface area contributed by atoms with E-state index in [2.05, 4.69) is 23.2 Å². The Kier molecular flexibility index (Phi) is 7.58. The second-order valence-corrected chi connectivity index (χ2v) is 10.2. The highest BCUT2D eigenvalue weighted by atomic mass is 16.5. The van der Waals surface area contributed by atoms with Crippen molar-refractivity contribution in [1.29, 1.82) is 0 Å². The van der Waals surface area contributed by atoms with Crippen LogP contribution in [-0.4, -0.2) is 58.5 Å². The van der Waals surface area contributed by atoms with Crippen molar-refractivity contribution in [2.45, 2.75) is 32.9 Å². The number of nitrogens with zero attached hydrogens (tertiary/aromatic N) is 4. The molecule has 0 aliphatic carbocycles. The number of fused-ring (bicyclic) bond motifs is 3. The molecule has 0 spiro atoms. The summed E-state index contributed by atoms with van der Waals surface area (Å²) in [6.45, 7) is 6.02. The van der Waals surface area contributed by atoms with Gasteiger partial charge < -0.3 is 30.3 Å². The Morgan fingerprint density at radius 2 is 1.90 bits per heavy atom. The van der Waals surface area contributed by atoms with Crippen LogP contribution in [0.25, 0.3) is 33.3 Å². The Bertz CT molecular complexity index is 1710. The van der Waals surface area contributed by atoms with E-state index in [-0.39, 0.29) is 11.9 Å². The van der Waals surface area contributed by atoms with Crippen LogP contribution in [-0.2, 0) is 33.8 Å². The number of hydrogen-bond donors (Lipinski definition) is 2. The van der Waals surface area contributed by atoms with E-state index in [0.29, 0.717) is 69.3 Å². The van der Waals surface area contributed by atoms with Crippen LogP contribution in [0.1, 0.15) is 30.0 Å². The fourth-order valence-corrected chi connectivity index (χ4v) is 5.44. The van der Waals surface area contributed by atoms with Crippen LogP contribution < -0.4 is 11.5 Å². The molecule has 41 heavy (non-hydrogen) atoms. The van der Waals surface area contributed by atoms with E-state index >= 15 is 0 Å². The van der Waals surface area contributed by atoms with Crippen LogP contribution in [0.5, 0.6) is 0 Å². The van der Waals surface area contributed by atoms with Gasteiger partial charge in [-0.25, -0.2) is 0 Å². The minimum Gasteiger partial charge on any atom is -0.424 e. The number of anilines is 2. The third-order valence-corrected chi connectivity index (χ3v) is 7.49. The van der Waals surface area contributed by atoms with Gasteiger partial charge in [-0.1, -0.05) is 24.3 Å². The number of oxazole rings is 1. The fraction of sp³-hybridized carbons (Fsp3) is 0.323. The van der Waals surface area contributed by atoms with Gasteiger partial charge in [0.15, 0.2) is 5.58 Å². The average molecular weight is 555 g/mol. The second kappa shape index (κ2) is 11.6. The molecule has 0 fully saturated rings. The summed E-state index contributed by atoms with van der Waals surface area (Å²) in [5, 5.41) is 5.90. The van der Waals surface area contributed by atoms with E-state index < -0.39 is 0 Å². The number of carbonyl (C=O) groups excluding carboxylic acids is 1. The summed E-state index contributed by atoms with van der Waals surface area (Å²) in [5.41, 5.74) is 20.4. The largest absolute Gasteiger partial charge is 0.424 e. The first-order chi connectivity index (χ1) is 20.0. The van der Waals surface area contributed by atoms with Gasteiger partial charge in [-0.3, -0.25) is 9.48 Å². The van der Waals surface area contributed by atoms with E-state index in [1.807, 2.05) is 52.9 Å². The molecule has 0 unspecified atom stereocenters. The highest BCUT2D eigenvalue weighted by molar-refractivity contribution is 6.02. The molecule has 3 aromatic carbocycles. The first-order valence-corrected chi connectivity index (χ1v) is 14.0. The minimum absolute atomic E-state index is 0.121. The predicted octanol–water partition coefficient (Wildman–Crippen LogP) is 4.39. The Hall–Kier alpha value is -4.41. The lowest BCUT2D eigenvalue weighted by Gasteiger charge is -2.29. The summed E-state index contributed by atoms with van der Waals surface area (Å²) in [5.74, 6) is 0.121. The molecule has 5 aromatic rings.